The number of nitrogens with zero attached hydrogens (tertiary/aromatic N) is 1. The van der Waals surface area contributed by atoms with Crippen molar-refractivity contribution in [2.45, 2.75) is 57.9 Å². The number of aromatic nitrogens is 1. The Hall–Kier alpha value is -1.25. The molecule has 2 aliphatic rings. The summed E-state index contributed by atoms with van der Waals surface area (Å²) in [6.07, 6.45) is 6.82. The summed E-state index contributed by atoms with van der Waals surface area (Å²) in [6.45, 7) is 4.71. The zero-order chi connectivity index (χ0) is 13.6. The van der Waals surface area contributed by atoms with Gasteiger partial charge in [0.2, 0.25) is 6.41 Å². The standard InChI is InChI=1S/C16H24N2O/c1-10-7-11(2)15-13(8-10)12-5-4-6-14(17-9-19)16(12)18(15)3/h9-11,14H,4-8H2,1-3H3,(H,17,19)/t10-,11-,14+/m0/s1. The monoisotopic (exact) mass is 260 g/mol. The SMILES string of the molecule is C[C@@H]1Cc2c3c(n(C)c2[C@@H](C)C1)[C@H](NC=O)CCC3. The maximum atomic E-state index is 10.8. The van der Waals surface area contributed by atoms with Crippen molar-refractivity contribution >= 4 is 6.41 Å². The normalized spacial score (nSPS) is 29.5. The summed E-state index contributed by atoms with van der Waals surface area (Å²) in [7, 11) is 2.19. The second-order valence-electron chi connectivity index (χ2n) is 6.46. The van der Waals surface area contributed by atoms with E-state index < -0.39 is 0 Å². The molecular formula is C16H24N2O. The van der Waals surface area contributed by atoms with Crippen molar-refractivity contribution in [3.05, 3.63) is 22.5 Å². The van der Waals surface area contributed by atoms with E-state index in [0.717, 1.165) is 18.7 Å². The largest absolute Gasteiger partial charge is 0.350 e. The third kappa shape index (κ3) is 1.90. The minimum atomic E-state index is 0.222. The van der Waals surface area contributed by atoms with E-state index in [-0.39, 0.29) is 6.04 Å². The van der Waals surface area contributed by atoms with E-state index in [1.54, 1.807) is 11.1 Å². The molecule has 1 N–H and O–H groups in total. The van der Waals surface area contributed by atoms with Crippen molar-refractivity contribution in [2.24, 2.45) is 13.0 Å². The van der Waals surface area contributed by atoms with Gasteiger partial charge in [0, 0.05) is 18.4 Å². The van der Waals surface area contributed by atoms with Gasteiger partial charge in [-0.25, -0.2) is 0 Å². The molecule has 0 aliphatic heterocycles. The molecule has 0 radical (unpaired) electrons. The first-order valence-electron chi connectivity index (χ1n) is 7.53. The molecule has 104 valence electrons. The zero-order valence-electron chi connectivity index (χ0n) is 12.2. The van der Waals surface area contributed by atoms with Crippen LogP contribution in [-0.2, 0) is 24.7 Å². The number of carbonyl (C=O) groups excluding carboxylic acids is 1. The summed E-state index contributed by atoms with van der Waals surface area (Å²) in [4.78, 5) is 10.8. The van der Waals surface area contributed by atoms with Gasteiger partial charge in [-0.1, -0.05) is 13.8 Å². The van der Waals surface area contributed by atoms with Gasteiger partial charge in [-0.2, -0.15) is 0 Å². The molecular weight excluding hydrogens is 236 g/mol. The Balaban J connectivity index is 2.13. The summed E-state index contributed by atoms with van der Waals surface area (Å²) < 4.78 is 2.39. The molecule has 0 aromatic carbocycles. The van der Waals surface area contributed by atoms with Crippen LogP contribution in [0, 0.1) is 5.92 Å². The second kappa shape index (κ2) is 4.69. The molecule has 2 aliphatic carbocycles. The molecule has 1 aromatic rings. The molecule has 1 amide bonds. The molecule has 3 rings (SSSR count). The molecule has 0 fully saturated rings. The zero-order valence-corrected chi connectivity index (χ0v) is 12.2. The van der Waals surface area contributed by atoms with Gasteiger partial charge in [-0.3, -0.25) is 4.79 Å². The molecule has 1 heterocycles. The Morgan fingerprint density at radius 1 is 1.26 bits per heavy atom. The van der Waals surface area contributed by atoms with Crippen LogP contribution < -0.4 is 5.32 Å². The van der Waals surface area contributed by atoms with Crippen LogP contribution >= 0.6 is 0 Å². The van der Waals surface area contributed by atoms with Gasteiger partial charge in [0.25, 0.3) is 0 Å². The van der Waals surface area contributed by atoms with Crippen LogP contribution in [0.2, 0.25) is 0 Å². The third-order valence-corrected chi connectivity index (χ3v) is 5.00. The van der Waals surface area contributed by atoms with Crippen molar-refractivity contribution in [1.82, 2.24) is 9.88 Å². The lowest BCUT2D eigenvalue weighted by Crippen LogP contribution is -2.25. The average Bonchev–Trinajstić information content (AvgIpc) is 2.64. The Labute approximate surface area is 115 Å². The minimum Gasteiger partial charge on any atom is -0.350 e. The van der Waals surface area contributed by atoms with E-state index in [9.17, 15) is 4.79 Å². The average molecular weight is 260 g/mol. The number of fused-ring (bicyclic) bond motifs is 3. The minimum absolute atomic E-state index is 0.222. The topological polar surface area (TPSA) is 34.0 Å². The first kappa shape index (κ1) is 12.8. The highest BCUT2D eigenvalue weighted by molar-refractivity contribution is 5.51. The lowest BCUT2D eigenvalue weighted by atomic mass is 9.79. The van der Waals surface area contributed by atoms with Gasteiger partial charge in [0.1, 0.15) is 0 Å². The molecule has 0 unspecified atom stereocenters. The third-order valence-electron chi connectivity index (χ3n) is 5.00. The summed E-state index contributed by atoms with van der Waals surface area (Å²) in [6, 6.07) is 0.222. The molecule has 0 bridgehead atoms. The van der Waals surface area contributed by atoms with Gasteiger partial charge >= 0.3 is 0 Å². The predicted molar refractivity (Wildman–Crippen MR) is 76.2 cm³/mol. The first-order valence-corrected chi connectivity index (χ1v) is 7.53. The summed E-state index contributed by atoms with van der Waals surface area (Å²) >= 11 is 0. The number of hydrogen-bond donors (Lipinski definition) is 1. The van der Waals surface area contributed by atoms with E-state index in [1.807, 2.05) is 0 Å². The highest BCUT2D eigenvalue weighted by atomic mass is 16.1. The lowest BCUT2D eigenvalue weighted by Gasteiger charge is -2.26. The molecule has 1 aromatic heterocycles. The molecule has 3 atom stereocenters. The Morgan fingerprint density at radius 2 is 2.05 bits per heavy atom. The van der Waals surface area contributed by atoms with Gasteiger partial charge in [0.15, 0.2) is 0 Å². The number of amides is 1. The molecule has 3 heteroatoms. The summed E-state index contributed by atoms with van der Waals surface area (Å²) in [5.74, 6) is 1.43. The Bertz CT molecular complexity index is 503. The van der Waals surface area contributed by atoms with Crippen LogP contribution in [0.4, 0.5) is 0 Å². The van der Waals surface area contributed by atoms with Crippen LogP contribution in [0.5, 0.6) is 0 Å². The highest BCUT2D eigenvalue weighted by Crippen LogP contribution is 2.43. The fraction of sp³-hybridized carbons (Fsp3) is 0.688. The summed E-state index contributed by atoms with van der Waals surface area (Å²) in [5, 5.41) is 3.02. The molecule has 3 nitrogen and oxygen atoms in total. The maximum absolute atomic E-state index is 10.8. The summed E-state index contributed by atoms with van der Waals surface area (Å²) in [5.41, 5.74) is 6.05. The second-order valence-corrected chi connectivity index (χ2v) is 6.46. The van der Waals surface area contributed by atoms with Crippen LogP contribution in [0.1, 0.15) is 67.6 Å². The fourth-order valence-electron chi connectivity index (χ4n) is 4.43. The fourth-order valence-corrected chi connectivity index (χ4v) is 4.43. The van der Waals surface area contributed by atoms with E-state index in [1.165, 1.54) is 37.1 Å². The number of nitrogens with one attached hydrogen (secondary N) is 1. The Morgan fingerprint density at radius 3 is 2.79 bits per heavy atom. The van der Waals surface area contributed by atoms with Gasteiger partial charge in [0.05, 0.1) is 6.04 Å². The van der Waals surface area contributed by atoms with Crippen LogP contribution in [-0.4, -0.2) is 11.0 Å². The van der Waals surface area contributed by atoms with Crippen molar-refractivity contribution in [3.8, 4) is 0 Å². The highest BCUT2D eigenvalue weighted by Gasteiger charge is 2.33. The van der Waals surface area contributed by atoms with Gasteiger partial charge in [-0.15, -0.1) is 0 Å². The maximum Gasteiger partial charge on any atom is 0.207 e. The van der Waals surface area contributed by atoms with Gasteiger partial charge < -0.3 is 9.88 Å². The molecule has 0 spiro atoms. The van der Waals surface area contributed by atoms with Gasteiger partial charge in [-0.05, 0) is 55.1 Å². The molecule has 19 heavy (non-hydrogen) atoms. The molecule has 0 saturated carbocycles. The first-order chi connectivity index (χ1) is 9.13. The quantitative estimate of drug-likeness (QED) is 0.815. The van der Waals surface area contributed by atoms with Crippen molar-refractivity contribution in [3.63, 3.8) is 0 Å². The van der Waals surface area contributed by atoms with Crippen LogP contribution in [0.15, 0.2) is 0 Å². The van der Waals surface area contributed by atoms with Crippen molar-refractivity contribution < 1.29 is 4.79 Å². The number of rotatable bonds is 2. The van der Waals surface area contributed by atoms with Crippen molar-refractivity contribution in [1.29, 1.82) is 0 Å². The van der Waals surface area contributed by atoms with E-state index in [4.69, 9.17) is 0 Å². The van der Waals surface area contributed by atoms with Crippen molar-refractivity contribution in [2.75, 3.05) is 0 Å². The smallest absolute Gasteiger partial charge is 0.207 e. The van der Waals surface area contributed by atoms with E-state index >= 15 is 0 Å². The predicted octanol–water partition coefficient (Wildman–Crippen LogP) is 2.83. The number of carbonyl (C=O) groups is 1. The molecule has 0 saturated heterocycles. The number of hydrogen-bond acceptors (Lipinski definition) is 1. The van der Waals surface area contributed by atoms with Crippen LogP contribution in [0.3, 0.4) is 0 Å². The Kier molecular flexibility index (Phi) is 3.15. The van der Waals surface area contributed by atoms with E-state index in [0.29, 0.717) is 5.92 Å². The van der Waals surface area contributed by atoms with E-state index in [2.05, 4.69) is 30.8 Å². The lowest BCUT2D eigenvalue weighted by molar-refractivity contribution is -0.110. The van der Waals surface area contributed by atoms with Crippen LogP contribution in [0.25, 0.3) is 0 Å².